The predicted octanol–water partition coefficient (Wildman–Crippen LogP) is 0.772. The third kappa shape index (κ3) is 2.29. The van der Waals surface area contributed by atoms with Crippen molar-refractivity contribution in [1.82, 2.24) is 9.80 Å². The Labute approximate surface area is 115 Å². The van der Waals surface area contributed by atoms with Crippen LogP contribution in [0, 0.1) is 0 Å². The number of thiophene rings is 1. The average Bonchev–Trinajstić information content (AvgIpc) is 2.96. The van der Waals surface area contributed by atoms with Gasteiger partial charge in [-0.3, -0.25) is 14.5 Å². The Bertz CT molecular complexity index is 522. The zero-order valence-corrected chi connectivity index (χ0v) is 11.7. The molecule has 19 heavy (non-hydrogen) atoms. The number of nitrogens with zero attached hydrogens (tertiary/aromatic N) is 2. The molecule has 1 aromatic heterocycles. The number of carbonyl (C=O) groups excluding carboxylic acids is 2. The van der Waals surface area contributed by atoms with Gasteiger partial charge in [0.15, 0.2) is 0 Å². The molecule has 1 N–H and O–H groups in total. The molecule has 102 valence electrons. The lowest BCUT2D eigenvalue weighted by Crippen LogP contribution is -2.34. The Morgan fingerprint density at radius 3 is 2.63 bits per heavy atom. The summed E-state index contributed by atoms with van der Waals surface area (Å²) in [7, 11) is 1.71. The Morgan fingerprint density at radius 1 is 1.37 bits per heavy atom. The number of hydrogen-bond acceptors (Lipinski definition) is 5. The second kappa shape index (κ2) is 5.54. The van der Waals surface area contributed by atoms with E-state index in [1.807, 2.05) is 17.5 Å². The predicted molar refractivity (Wildman–Crippen MR) is 73.3 cm³/mol. The maximum Gasteiger partial charge on any atom is 0.277 e. The molecule has 0 fully saturated rings. The maximum atomic E-state index is 12.3. The molecule has 5 nitrogen and oxygen atoms in total. The van der Waals surface area contributed by atoms with Crippen LogP contribution in [0.2, 0.25) is 0 Å². The van der Waals surface area contributed by atoms with E-state index in [2.05, 4.69) is 0 Å². The fraction of sp³-hybridized carbons (Fsp3) is 0.385. The first-order valence-corrected chi connectivity index (χ1v) is 6.96. The third-order valence-corrected chi connectivity index (χ3v) is 3.93. The van der Waals surface area contributed by atoms with Crippen molar-refractivity contribution in [3.05, 3.63) is 28.1 Å². The van der Waals surface area contributed by atoms with Crippen molar-refractivity contribution in [2.45, 2.75) is 6.92 Å². The van der Waals surface area contributed by atoms with E-state index in [1.54, 1.807) is 18.9 Å². The van der Waals surface area contributed by atoms with Crippen molar-refractivity contribution in [1.29, 1.82) is 0 Å². The minimum atomic E-state index is -0.285. The molecule has 0 aromatic carbocycles. The van der Waals surface area contributed by atoms with Crippen molar-refractivity contribution in [3.63, 3.8) is 0 Å². The summed E-state index contributed by atoms with van der Waals surface area (Å²) in [6.07, 6.45) is 0. The second-order valence-corrected chi connectivity index (χ2v) is 5.15. The minimum absolute atomic E-state index is 0.0642. The smallest absolute Gasteiger partial charge is 0.277 e. The topological polar surface area (TPSA) is 60.9 Å². The van der Waals surface area contributed by atoms with Gasteiger partial charge in [0.1, 0.15) is 5.70 Å². The molecule has 1 aliphatic rings. The van der Waals surface area contributed by atoms with Gasteiger partial charge in [0.2, 0.25) is 0 Å². The first-order valence-electron chi connectivity index (χ1n) is 6.08. The number of aliphatic hydroxyl groups excluding tert-OH is 1. The van der Waals surface area contributed by atoms with E-state index in [9.17, 15) is 9.59 Å². The quantitative estimate of drug-likeness (QED) is 0.809. The lowest BCUT2D eigenvalue weighted by atomic mass is 10.2. The number of carbonyl (C=O) groups is 2. The summed E-state index contributed by atoms with van der Waals surface area (Å²) in [5, 5.41) is 10.9. The number of amides is 2. The molecule has 0 bridgehead atoms. The van der Waals surface area contributed by atoms with Crippen molar-refractivity contribution in [3.8, 4) is 0 Å². The molecule has 2 rings (SSSR count). The van der Waals surface area contributed by atoms with E-state index >= 15 is 0 Å². The van der Waals surface area contributed by atoms with Crippen molar-refractivity contribution >= 4 is 28.7 Å². The molecule has 1 aliphatic heterocycles. The Balaban J connectivity index is 2.51. The monoisotopic (exact) mass is 280 g/mol. The summed E-state index contributed by atoms with van der Waals surface area (Å²) in [5.74, 6) is -0.540. The lowest BCUT2D eigenvalue weighted by Gasteiger charge is -2.19. The summed E-state index contributed by atoms with van der Waals surface area (Å²) < 4.78 is 0. The number of imide groups is 1. The molecule has 0 aliphatic carbocycles. The second-order valence-electron chi connectivity index (χ2n) is 4.20. The summed E-state index contributed by atoms with van der Waals surface area (Å²) in [6.45, 7) is 2.38. The molecule has 1 aromatic rings. The molecule has 2 heterocycles. The van der Waals surface area contributed by atoms with Gasteiger partial charge in [-0.1, -0.05) is 6.07 Å². The van der Waals surface area contributed by atoms with Crippen LogP contribution in [0.15, 0.2) is 23.2 Å². The van der Waals surface area contributed by atoms with E-state index in [4.69, 9.17) is 5.11 Å². The zero-order chi connectivity index (χ0) is 14.0. The van der Waals surface area contributed by atoms with Crippen LogP contribution in [-0.2, 0) is 9.59 Å². The van der Waals surface area contributed by atoms with Crippen LogP contribution in [0.1, 0.15) is 11.8 Å². The van der Waals surface area contributed by atoms with Gasteiger partial charge < -0.3 is 10.0 Å². The third-order valence-electron chi connectivity index (χ3n) is 3.04. The average molecular weight is 280 g/mol. The molecular weight excluding hydrogens is 264 g/mol. The zero-order valence-electron chi connectivity index (χ0n) is 10.9. The highest BCUT2D eigenvalue weighted by atomic mass is 32.1. The van der Waals surface area contributed by atoms with Crippen LogP contribution in [0.25, 0.3) is 5.57 Å². The summed E-state index contributed by atoms with van der Waals surface area (Å²) >= 11 is 1.43. The molecule has 0 spiro atoms. The summed E-state index contributed by atoms with van der Waals surface area (Å²) in [4.78, 5) is 28.3. The van der Waals surface area contributed by atoms with Crippen LogP contribution in [0.3, 0.4) is 0 Å². The first kappa shape index (κ1) is 13.8. The van der Waals surface area contributed by atoms with Gasteiger partial charge in [0.25, 0.3) is 11.8 Å². The van der Waals surface area contributed by atoms with Crippen LogP contribution in [0.5, 0.6) is 0 Å². The van der Waals surface area contributed by atoms with Gasteiger partial charge in [-0.2, -0.15) is 0 Å². The highest BCUT2D eigenvalue weighted by Gasteiger charge is 2.40. The molecule has 0 unspecified atom stereocenters. The minimum Gasteiger partial charge on any atom is -0.395 e. The van der Waals surface area contributed by atoms with Crippen molar-refractivity contribution in [2.75, 3.05) is 26.7 Å². The molecule has 6 heteroatoms. The molecule has 2 amide bonds. The van der Waals surface area contributed by atoms with E-state index in [-0.39, 0.29) is 18.4 Å². The number of likely N-dealkylation sites (N-methyl/N-ethyl adjacent to an activating group) is 2. The van der Waals surface area contributed by atoms with Crippen LogP contribution >= 0.6 is 11.3 Å². The molecule has 0 saturated heterocycles. The molecule has 0 atom stereocenters. The summed E-state index contributed by atoms with van der Waals surface area (Å²) in [6, 6.07) is 3.68. The van der Waals surface area contributed by atoms with Crippen LogP contribution < -0.4 is 0 Å². The maximum absolute atomic E-state index is 12.3. The number of rotatable bonds is 5. The molecule has 0 radical (unpaired) electrons. The largest absolute Gasteiger partial charge is 0.395 e. The van der Waals surface area contributed by atoms with Gasteiger partial charge in [0.05, 0.1) is 12.2 Å². The lowest BCUT2D eigenvalue weighted by molar-refractivity contribution is -0.137. The van der Waals surface area contributed by atoms with Gasteiger partial charge in [-0.15, -0.1) is 11.3 Å². The first-order chi connectivity index (χ1) is 9.11. The Kier molecular flexibility index (Phi) is 4.01. The van der Waals surface area contributed by atoms with Gasteiger partial charge >= 0.3 is 0 Å². The number of aliphatic hydroxyl groups is 1. The van der Waals surface area contributed by atoms with E-state index in [1.165, 1.54) is 16.2 Å². The highest BCUT2D eigenvalue weighted by Crippen LogP contribution is 2.32. The Morgan fingerprint density at radius 2 is 2.11 bits per heavy atom. The van der Waals surface area contributed by atoms with Crippen molar-refractivity contribution in [2.24, 2.45) is 0 Å². The fourth-order valence-corrected chi connectivity index (χ4v) is 2.87. The van der Waals surface area contributed by atoms with Crippen molar-refractivity contribution < 1.29 is 14.7 Å². The standard InChI is InChI=1S/C13H16N2O3S/c1-3-15-12(17)10(9-5-4-8-19-9)11(13(15)18)14(2)6-7-16/h4-5,8,16H,3,6-7H2,1-2H3. The highest BCUT2D eigenvalue weighted by molar-refractivity contribution is 7.11. The van der Waals surface area contributed by atoms with Gasteiger partial charge in [0, 0.05) is 25.0 Å². The van der Waals surface area contributed by atoms with Gasteiger partial charge in [-0.05, 0) is 18.4 Å². The van der Waals surface area contributed by atoms with Crippen LogP contribution in [-0.4, -0.2) is 53.5 Å². The van der Waals surface area contributed by atoms with E-state index < -0.39 is 0 Å². The van der Waals surface area contributed by atoms with E-state index in [0.717, 1.165) is 4.88 Å². The van der Waals surface area contributed by atoms with Gasteiger partial charge in [-0.25, -0.2) is 0 Å². The normalized spacial score (nSPS) is 15.6. The molecular formula is C13H16N2O3S. The molecule has 0 saturated carbocycles. The Hall–Kier alpha value is -1.66. The fourth-order valence-electron chi connectivity index (χ4n) is 2.11. The van der Waals surface area contributed by atoms with E-state index in [0.29, 0.717) is 24.4 Å². The SMILES string of the molecule is CCN1C(=O)C(c2cccs2)=C(N(C)CCO)C1=O. The summed E-state index contributed by atoms with van der Waals surface area (Å²) in [5.41, 5.74) is 0.821. The number of hydrogen-bond donors (Lipinski definition) is 1. The van der Waals surface area contributed by atoms with Crippen LogP contribution in [0.4, 0.5) is 0 Å².